The number of benzene rings is 2. The van der Waals surface area contributed by atoms with Gasteiger partial charge in [0.1, 0.15) is 0 Å². The van der Waals surface area contributed by atoms with Crippen LogP contribution in [0.15, 0.2) is 48.5 Å². The smallest absolute Gasteiger partial charge is 0.165 e. The van der Waals surface area contributed by atoms with Crippen molar-refractivity contribution >= 4 is 11.5 Å². The Bertz CT molecular complexity index is 812. The van der Waals surface area contributed by atoms with E-state index in [2.05, 4.69) is 5.32 Å². The Kier molecular flexibility index (Phi) is 5.61. The summed E-state index contributed by atoms with van der Waals surface area (Å²) in [5.41, 5.74) is 4.07. The van der Waals surface area contributed by atoms with Crippen LogP contribution in [0.2, 0.25) is 0 Å². The normalized spacial score (nSPS) is 15.7. The number of allylic oxidation sites excluding steroid dienone is 1. The number of carbonyl (C=O) groups is 1. The summed E-state index contributed by atoms with van der Waals surface area (Å²) in [5, 5.41) is 3.37. The molecular weight excluding hydrogens is 326 g/mol. The van der Waals surface area contributed by atoms with Gasteiger partial charge in [0.25, 0.3) is 0 Å². The summed E-state index contributed by atoms with van der Waals surface area (Å²) in [6.07, 6.45) is 3.40. The van der Waals surface area contributed by atoms with Gasteiger partial charge in [-0.05, 0) is 36.1 Å². The number of fused-ring (bicyclic) bond motifs is 1. The van der Waals surface area contributed by atoms with Crippen molar-refractivity contribution in [2.75, 3.05) is 20.8 Å². The lowest BCUT2D eigenvalue weighted by atomic mass is 9.90. The molecule has 1 N–H and O–H groups in total. The third-order valence-electron chi connectivity index (χ3n) is 4.85. The first kappa shape index (κ1) is 18.1. The maximum absolute atomic E-state index is 13.0. The van der Waals surface area contributed by atoms with Gasteiger partial charge < -0.3 is 14.8 Å². The van der Waals surface area contributed by atoms with Crippen molar-refractivity contribution in [1.82, 2.24) is 5.32 Å². The molecule has 0 fully saturated rings. The maximum Gasteiger partial charge on any atom is 0.165 e. The molecule has 0 aromatic heterocycles. The van der Waals surface area contributed by atoms with E-state index in [0.717, 1.165) is 47.5 Å². The molecule has 0 amide bonds. The van der Waals surface area contributed by atoms with E-state index in [1.807, 2.05) is 49.4 Å². The molecule has 1 aliphatic rings. The highest BCUT2D eigenvalue weighted by atomic mass is 16.5. The summed E-state index contributed by atoms with van der Waals surface area (Å²) < 4.78 is 10.8. The van der Waals surface area contributed by atoms with E-state index in [4.69, 9.17) is 9.47 Å². The predicted molar refractivity (Wildman–Crippen MR) is 104 cm³/mol. The lowest BCUT2D eigenvalue weighted by Crippen LogP contribution is -2.24. The molecule has 4 nitrogen and oxygen atoms in total. The highest BCUT2D eigenvalue weighted by Gasteiger charge is 2.22. The van der Waals surface area contributed by atoms with E-state index < -0.39 is 0 Å². The fraction of sp³-hybridized carbons (Fsp3) is 0.318. The minimum atomic E-state index is -0.129. The van der Waals surface area contributed by atoms with Crippen LogP contribution < -0.4 is 14.8 Å². The fourth-order valence-electron chi connectivity index (χ4n) is 3.46. The molecule has 1 aliphatic heterocycles. The average Bonchev–Trinajstić information content (AvgIpc) is 2.68. The molecule has 2 aromatic rings. The minimum absolute atomic E-state index is 0.115. The largest absolute Gasteiger partial charge is 0.493 e. The SMILES string of the molecule is CC[C@@H](C(=O)/C=C1\NCCc2cc(OC)c(OC)cc21)c1ccccc1. The van der Waals surface area contributed by atoms with Crippen molar-refractivity contribution in [2.24, 2.45) is 0 Å². The second-order valence-electron chi connectivity index (χ2n) is 6.37. The first-order chi connectivity index (χ1) is 12.7. The number of carbonyl (C=O) groups excluding carboxylic acids is 1. The number of ketones is 1. The molecule has 0 saturated carbocycles. The van der Waals surface area contributed by atoms with Crippen LogP contribution in [0.1, 0.15) is 36.0 Å². The Morgan fingerprint density at radius 1 is 1.15 bits per heavy atom. The van der Waals surface area contributed by atoms with Gasteiger partial charge in [0.2, 0.25) is 0 Å². The summed E-state index contributed by atoms with van der Waals surface area (Å²) in [7, 11) is 3.26. The lowest BCUT2D eigenvalue weighted by molar-refractivity contribution is -0.116. The second-order valence-corrected chi connectivity index (χ2v) is 6.37. The van der Waals surface area contributed by atoms with Crippen LogP contribution >= 0.6 is 0 Å². The highest BCUT2D eigenvalue weighted by molar-refractivity contribution is 6.01. The number of hydrogen-bond donors (Lipinski definition) is 1. The molecule has 0 saturated heterocycles. The van der Waals surface area contributed by atoms with Crippen molar-refractivity contribution in [3.8, 4) is 11.5 Å². The molecule has 0 spiro atoms. The van der Waals surface area contributed by atoms with Crippen LogP contribution in [0, 0.1) is 0 Å². The zero-order valence-electron chi connectivity index (χ0n) is 15.5. The van der Waals surface area contributed by atoms with Crippen LogP contribution in [0.3, 0.4) is 0 Å². The molecule has 1 heterocycles. The standard InChI is InChI=1S/C22H25NO3/c1-4-17(15-8-6-5-7-9-15)20(24)14-19-18-13-22(26-3)21(25-2)12-16(18)10-11-23-19/h5-9,12-14,17,23H,4,10-11H2,1-3H3/b19-14-/t17-/m1/s1. The number of rotatable bonds is 6. The highest BCUT2D eigenvalue weighted by Crippen LogP contribution is 2.35. The molecule has 0 bridgehead atoms. The van der Waals surface area contributed by atoms with Crippen LogP contribution in [-0.4, -0.2) is 26.5 Å². The summed E-state index contributed by atoms with van der Waals surface area (Å²) >= 11 is 0. The molecule has 26 heavy (non-hydrogen) atoms. The van der Waals surface area contributed by atoms with Gasteiger partial charge >= 0.3 is 0 Å². The lowest BCUT2D eigenvalue weighted by Gasteiger charge is -2.23. The van der Waals surface area contributed by atoms with Crippen LogP contribution in [0.25, 0.3) is 5.70 Å². The molecule has 4 heteroatoms. The van der Waals surface area contributed by atoms with Gasteiger partial charge in [-0.1, -0.05) is 37.3 Å². The van der Waals surface area contributed by atoms with Crippen molar-refractivity contribution in [2.45, 2.75) is 25.7 Å². The second kappa shape index (κ2) is 8.09. The number of methoxy groups -OCH3 is 2. The average molecular weight is 351 g/mol. The first-order valence-electron chi connectivity index (χ1n) is 8.97. The third-order valence-corrected chi connectivity index (χ3v) is 4.85. The van der Waals surface area contributed by atoms with Gasteiger partial charge in [-0.3, -0.25) is 4.79 Å². The van der Waals surface area contributed by atoms with Gasteiger partial charge in [0.15, 0.2) is 17.3 Å². The Morgan fingerprint density at radius 3 is 2.50 bits per heavy atom. The molecule has 2 aromatic carbocycles. The van der Waals surface area contributed by atoms with Crippen molar-refractivity contribution in [3.05, 3.63) is 65.2 Å². The monoisotopic (exact) mass is 351 g/mol. The van der Waals surface area contributed by atoms with Crippen molar-refractivity contribution in [1.29, 1.82) is 0 Å². The van der Waals surface area contributed by atoms with E-state index in [-0.39, 0.29) is 11.7 Å². The Morgan fingerprint density at radius 2 is 1.85 bits per heavy atom. The first-order valence-corrected chi connectivity index (χ1v) is 8.97. The molecule has 0 radical (unpaired) electrons. The number of ether oxygens (including phenoxy) is 2. The van der Waals surface area contributed by atoms with Crippen LogP contribution in [-0.2, 0) is 11.2 Å². The topological polar surface area (TPSA) is 47.6 Å². The summed E-state index contributed by atoms with van der Waals surface area (Å²) in [6, 6.07) is 13.9. The Labute approximate surface area is 154 Å². The van der Waals surface area contributed by atoms with E-state index >= 15 is 0 Å². The van der Waals surface area contributed by atoms with Gasteiger partial charge in [-0.2, -0.15) is 0 Å². The molecule has 3 rings (SSSR count). The molecule has 136 valence electrons. The molecule has 1 atom stereocenters. The summed E-state index contributed by atoms with van der Waals surface area (Å²) in [5.74, 6) is 1.37. The zero-order chi connectivity index (χ0) is 18.5. The Hall–Kier alpha value is -2.75. The fourth-order valence-corrected chi connectivity index (χ4v) is 3.46. The summed E-state index contributed by atoms with van der Waals surface area (Å²) in [4.78, 5) is 13.0. The van der Waals surface area contributed by atoms with E-state index in [9.17, 15) is 4.79 Å². The van der Waals surface area contributed by atoms with Crippen molar-refractivity contribution in [3.63, 3.8) is 0 Å². The van der Waals surface area contributed by atoms with E-state index in [1.54, 1.807) is 20.3 Å². The van der Waals surface area contributed by atoms with Crippen LogP contribution in [0.5, 0.6) is 11.5 Å². The van der Waals surface area contributed by atoms with E-state index in [1.165, 1.54) is 0 Å². The van der Waals surface area contributed by atoms with Gasteiger partial charge in [0.05, 0.1) is 14.2 Å². The maximum atomic E-state index is 13.0. The number of hydrogen-bond acceptors (Lipinski definition) is 4. The molecule has 0 unspecified atom stereocenters. The van der Waals surface area contributed by atoms with E-state index in [0.29, 0.717) is 5.75 Å². The van der Waals surface area contributed by atoms with Crippen LogP contribution in [0.4, 0.5) is 0 Å². The van der Waals surface area contributed by atoms with Crippen molar-refractivity contribution < 1.29 is 14.3 Å². The molecule has 0 aliphatic carbocycles. The van der Waals surface area contributed by atoms with Gasteiger partial charge in [-0.25, -0.2) is 0 Å². The third kappa shape index (κ3) is 3.59. The zero-order valence-corrected chi connectivity index (χ0v) is 15.5. The predicted octanol–water partition coefficient (Wildman–Crippen LogP) is 3.95. The minimum Gasteiger partial charge on any atom is -0.493 e. The molecular formula is C22H25NO3. The summed E-state index contributed by atoms with van der Waals surface area (Å²) in [6.45, 7) is 2.84. The van der Waals surface area contributed by atoms with Gasteiger partial charge in [-0.15, -0.1) is 0 Å². The quantitative estimate of drug-likeness (QED) is 0.801. The number of nitrogens with one attached hydrogen (secondary N) is 1. The van der Waals surface area contributed by atoms with Gasteiger partial charge in [0, 0.05) is 29.8 Å². The Balaban J connectivity index is 1.96.